The minimum Gasteiger partial charge on any atom is -0.338 e. The maximum absolute atomic E-state index is 13.3. The predicted molar refractivity (Wildman–Crippen MR) is 81.8 cm³/mol. The molecule has 2 saturated heterocycles. The van der Waals surface area contributed by atoms with Crippen LogP contribution in [0.1, 0.15) is 23.2 Å². The maximum Gasteiger partial charge on any atom is 0.255 e. The number of carbonyl (C=O) groups is 1. The molecule has 0 aliphatic carbocycles. The van der Waals surface area contributed by atoms with Crippen molar-refractivity contribution in [2.45, 2.75) is 18.9 Å². The quantitative estimate of drug-likeness (QED) is 0.832. The second kappa shape index (κ2) is 6.41. The van der Waals surface area contributed by atoms with Gasteiger partial charge in [0.05, 0.1) is 5.56 Å². The van der Waals surface area contributed by atoms with Crippen LogP contribution in [0.15, 0.2) is 22.7 Å². The number of carbonyl (C=O) groups excluding carboxylic acids is 1. The molecular formula is C14H17BrClFN2O. The van der Waals surface area contributed by atoms with Crippen LogP contribution in [-0.2, 0) is 0 Å². The van der Waals surface area contributed by atoms with Crippen LogP contribution in [0, 0.1) is 11.7 Å². The van der Waals surface area contributed by atoms with Crippen molar-refractivity contribution in [2.75, 3.05) is 19.6 Å². The number of nitrogens with zero attached hydrogens (tertiary/aromatic N) is 1. The predicted octanol–water partition coefficient (Wildman–Crippen LogP) is 2.83. The van der Waals surface area contributed by atoms with E-state index in [4.69, 9.17) is 0 Å². The number of piperidine rings is 1. The van der Waals surface area contributed by atoms with Crippen LogP contribution in [-0.4, -0.2) is 36.5 Å². The first kappa shape index (κ1) is 15.7. The third-order valence-corrected chi connectivity index (χ3v) is 4.79. The summed E-state index contributed by atoms with van der Waals surface area (Å²) in [6, 6.07) is 4.81. The maximum atomic E-state index is 13.3. The van der Waals surface area contributed by atoms with Crippen LogP contribution < -0.4 is 5.32 Å². The van der Waals surface area contributed by atoms with E-state index in [9.17, 15) is 9.18 Å². The highest BCUT2D eigenvalue weighted by molar-refractivity contribution is 9.10. The molecule has 2 aliphatic heterocycles. The molecule has 0 bridgehead atoms. The van der Waals surface area contributed by atoms with E-state index < -0.39 is 0 Å². The lowest BCUT2D eigenvalue weighted by Crippen LogP contribution is -2.46. The van der Waals surface area contributed by atoms with E-state index in [1.807, 2.05) is 4.90 Å². The average Bonchev–Trinajstić information content (AvgIpc) is 2.88. The Hall–Kier alpha value is -0.650. The first-order valence-corrected chi connectivity index (χ1v) is 7.42. The van der Waals surface area contributed by atoms with E-state index in [0.29, 0.717) is 22.0 Å². The summed E-state index contributed by atoms with van der Waals surface area (Å²) in [5.41, 5.74) is 0.421. The smallest absolute Gasteiger partial charge is 0.255 e. The van der Waals surface area contributed by atoms with Gasteiger partial charge in [-0.1, -0.05) is 0 Å². The highest BCUT2D eigenvalue weighted by Crippen LogP contribution is 2.27. The summed E-state index contributed by atoms with van der Waals surface area (Å²) in [5, 5.41) is 3.47. The number of amides is 1. The molecule has 1 amide bonds. The first-order valence-electron chi connectivity index (χ1n) is 6.63. The number of halogens is 3. The van der Waals surface area contributed by atoms with Crippen LogP contribution in [0.3, 0.4) is 0 Å². The molecule has 0 aromatic heterocycles. The summed E-state index contributed by atoms with van der Waals surface area (Å²) in [7, 11) is 0. The minimum atomic E-state index is -0.371. The van der Waals surface area contributed by atoms with Gasteiger partial charge in [-0.3, -0.25) is 4.79 Å². The van der Waals surface area contributed by atoms with Gasteiger partial charge in [0.15, 0.2) is 0 Å². The molecular weight excluding hydrogens is 347 g/mol. The molecule has 0 radical (unpaired) electrons. The second-order valence-corrected chi connectivity index (χ2v) is 6.13. The molecule has 2 aliphatic rings. The average molecular weight is 364 g/mol. The molecule has 2 fully saturated rings. The molecule has 0 saturated carbocycles. The highest BCUT2D eigenvalue weighted by atomic mass is 79.9. The molecule has 2 atom stereocenters. The topological polar surface area (TPSA) is 32.3 Å². The third kappa shape index (κ3) is 3.00. The fourth-order valence-electron chi connectivity index (χ4n) is 3.06. The standard InChI is InChI=1S/C14H16BrFN2O.ClH/c15-12-2-1-10(16)7-11(12)14(19)18-6-4-13-9(8-18)3-5-17-13;/h1-2,7,9,13,17H,3-6,8H2;1H. The Bertz CT molecular complexity index is 514. The molecule has 6 heteroatoms. The van der Waals surface area contributed by atoms with Gasteiger partial charge in [-0.15, -0.1) is 12.4 Å². The summed E-state index contributed by atoms with van der Waals surface area (Å²) in [6.45, 7) is 2.57. The largest absolute Gasteiger partial charge is 0.338 e. The van der Waals surface area contributed by atoms with Gasteiger partial charge >= 0.3 is 0 Å². The zero-order chi connectivity index (χ0) is 13.4. The van der Waals surface area contributed by atoms with Gasteiger partial charge in [0.1, 0.15) is 5.82 Å². The van der Waals surface area contributed by atoms with Crippen molar-refractivity contribution in [3.8, 4) is 0 Å². The molecule has 1 aromatic rings. The van der Waals surface area contributed by atoms with Crippen molar-refractivity contribution in [3.05, 3.63) is 34.1 Å². The van der Waals surface area contributed by atoms with Gasteiger partial charge in [0, 0.05) is 23.6 Å². The molecule has 2 unspecified atom stereocenters. The van der Waals surface area contributed by atoms with E-state index in [0.717, 1.165) is 32.5 Å². The molecule has 2 heterocycles. The van der Waals surface area contributed by atoms with Gasteiger partial charge in [-0.2, -0.15) is 0 Å². The van der Waals surface area contributed by atoms with Gasteiger partial charge in [0.25, 0.3) is 5.91 Å². The number of hydrogen-bond acceptors (Lipinski definition) is 2. The lowest BCUT2D eigenvalue weighted by Gasteiger charge is -2.35. The summed E-state index contributed by atoms with van der Waals surface area (Å²) in [6.07, 6.45) is 2.11. The van der Waals surface area contributed by atoms with Crippen molar-refractivity contribution in [1.82, 2.24) is 10.2 Å². The molecule has 3 rings (SSSR count). The van der Waals surface area contributed by atoms with Crippen molar-refractivity contribution >= 4 is 34.2 Å². The monoisotopic (exact) mass is 362 g/mol. The van der Waals surface area contributed by atoms with E-state index >= 15 is 0 Å². The van der Waals surface area contributed by atoms with Crippen LogP contribution in [0.4, 0.5) is 4.39 Å². The second-order valence-electron chi connectivity index (χ2n) is 5.27. The Morgan fingerprint density at radius 3 is 3.00 bits per heavy atom. The van der Waals surface area contributed by atoms with Gasteiger partial charge in [-0.05, 0) is 59.4 Å². The van der Waals surface area contributed by atoms with Crippen LogP contribution in [0.5, 0.6) is 0 Å². The molecule has 3 nitrogen and oxygen atoms in total. The number of nitrogens with one attached hydrogen (secondary N) is 1. The van der Waals surface area contributed by atoms with Crippen LogP contribution >= 0.6 is 28.3 Å². The minimum absolute atomic E-state index is 0. The fourth-order valence-corrected chi connectivity index (χ4v) is 3.48. The number of fused-ring (bicyclic) bond motifs is 1. The van der Waals surface area contributed by atoms with E-state index in [-0.39, 0.29) is 24.1 Å². The molecule has 0 spiro atoms. The van der Waals surface area contributed by atoms with E-state index in [2.05, 4.69) is 21.2 Å². The molecule has 1 N–H and O–H groups in total. The molecule has 1 aromatic carbocycles. The number of rotatable bonds is 1. The van der Waals surface area contributed by atoms with E-state index in [1.165, 1.54) is 12.1 Å². The lowest BCUT2D eigenvalue weighted by atomic mass is 9.93. The Kier molecular flexibility index (Phi) is 5.04. The zero-order valence-electron chi connectivity index (χ0n) is 10.9. The molecule has 20 heavy (non-hydrogen) atoms. The van der Waals surface area contributed by atoms with Crippen molar-refractivity contribution in [3.63, 3.8) is 0 Å². The van der Waals surface area contributed by atoms with Crippen molar-refractivity contribution in [2.24, 2.45) is 5.92 Å². The first-order chi connectivity index (χ1) is 9.15. The summed E-state index contributed by atoms with van der Waals surface area (Å²) >= 11 is 3.33. The van der Waals surface area contributed by atoms with Crippen molar-refractivity contribution < 1.29 is 9.18 Å². The summed E-state index contributed by atoms with van der Waals surface area (Å²) in [4.78, 5) is 14.3. The lowest BCUT2D eigenvalue weighted by molar-refractivity contribution is 0.0660. The summed E-state index contributed by atoms with van der Waals surface area (Å²) in [5.74, 6) is 0.103. The number of hydrogen-bond donors (Lipinski definition) is 1. The molecule has 110 valence electrons. The van der Waals surface area contributed by atoms with Gasteiger partial charge < -0.3 is 10.2 Å². The van der Waals surface area contributed by atoms with Crippen molar-refractivity contribution in [1.29, 1.82) is 0 Å². The van der Waals surface area contributed by atoms with Gasteiger partial charge in [0.2, 0.25) is 0 Å². The van der Waals surface area contributed by atoms with E-state index in [1.54, 1.807) is 6.07 Å². The van der Waals surface area contributed by atoms with Gasteiger partial charge in [-0.25, -0.2) is 4.39 Å². The van der Waals surface area contributed by atoms with Crippen LogP contribution in [0.2, 0.25) is 0 Å². The normalized spacial score (nSPS) is 25.0. The Balaban J connectivity index is 0.00000147. The Morgan fingerprint density at radius 2 is 2.20 bits per heavy atom. The SMILES string of the molecule is Cl.O=C(c1cc(F)ccc1Br)N1CCC2NCCC2C1. The third-order valence-electron chi connectivity index (χ3n) is 4.10. The number of likely N-dealkylation sites (tertiary alicyclic amines) is 1. The number of benzene rings is 1. The fraction of sp³-hybridized carbons (Fsp3) is 0.500. The van der Waals surface area contributed by atoms with Crippen LogP contribution in [0.25, 0.3) is 0 Å². The Morgan fingerprint density at radius 1 is 1.40 bits per heavy atom. The zero-order valence-corrected chi connectivity index (χ0v) is 13.3. The highest BCUT2D eigenvalue weighted by Gasteiger charge is 2.34. The summed E-state index contributed by atoms with van der Waals surface area (Å²) < 4.78 is 13.9. The Labute approximate surface area is 132 Å².